The molecule has 4 heteroatoms. The van der Waals surface area contributed by atoms with Gasteiger partial charge in [0.15, 0.2) is 0 Å². The van der Waals surface area contributed by atoms with E-state index >= 15 is 0 Å². The van der Waals surface area contributed by atoms with Crippen molar-refractivity contribution in [2.75, 3.05) is 13.1 Å². The topological polar surface area (TPSA) is 46.3 Å². The van der Waals surface area contributed by atoms with Crippen LogP contribution in [0.1, 0.15) is 53.9 Å². The van der Waals surface area contributed by atoms with Gasteiger partial charge >= 0.3 is 0 Å². The van der Waals surface area contributed by atoms with E-state index in [1.807, 2.05) is 4.90 Å². The Hall–Kier alpha value is -0.280. The highest BCUT2D eigenvalue weighted by molar-refractivity contribution is 5.85. The van der Waals surface area contributed by atoms with Crippen LogP contribution < -0.4 is 5.73 Å². The van der Waals surface area contributed by atoms with Gasteiger partial charge in [-0.05, 0) is 30.1 Å². The van der Waals surface area contributed by atoms with Crippen LogP contribution in [0.15, 0.2) is 0 Å². The summed E-state index contributed by atoms with van der Waals surface area (Å²) in [7, 11) is 0. The molecular formula is C15H31ClN2O. The molecule has 3 nitrogen and oxygen atoms in total. The molecule has 19 heavy (non-hydrogen) atoms. The van der Waals surface area contributed by atoms with Crippen molar-refractivity contribution in [3.8, 4) is 0 Å². The zero-order valence-corrected chi connectivity index (χ0v) is 13.9. The molecule has 0 aromatic rings. The summed E-state index contributed by atoms with van der Waals surface area (Å²) in [4.78, 5) is 14.4. The Kier molecular flexibility index (Phi) is 7.38. The van der Waals surface area contributed by atoms with Crippen molar-refractivity contribution in [2.45, 2.75) is 59.9 Å². The normalized spacial score (nSPS) is 25.7. The first kappa shape index (κ1) is 18.7. The molecule has 0 saturated carbocycles. The van der Waals surface area contributed by atoms with Crippen molar-refractivity contribution in [2.24, 2.45) is 23.0 Å². The molecule has 3 unspecified atom stereocenters. The van der Waals surface area contributed by atoms with E-state index in [9.17, 15) is 4.79 Å². The second kappa shape index (κ2) is 7.49. The molecular weight excluding hydrogens is 260 g/mol. The Bertz CT molecular complexity index is 288. The van der Waals surface area contributed by atoms with Gasteiger partial charge in [-0.2, -0.15) is 0 Å². The van der Waals surface area contributed by atoms with Gasteiger partial charge < -0.3 is 10.6 Å². The molecule has 1 heterocycles. The number of hydrogen-bond acceptors (Lipinski definition) is 2. The fourth-order valence-electron chi connectivity index (χ4n) is 2.49. The van der Waals surface area contributed by atoms with Crippen molar-refractivity contribution < 1.29 is 4.79 Å². The zero-order chi connectivity index (χ0) is 13.9. The molecule has 0 radical (unpaired) electrons. The Morgan fingerprint density at radius 3 is 2.47 bits per heavy atom. The number of halogens is 1. The van der Waals surface area contributed by atoms with Crippen LogP contribution >= 0.6 is 12.4 Å². The van der Waals surface area contributed by atoms with Crippen LogP contribution in [-0.2, 0) is 4.79 Å². The number of piperidine rings is 1. The summed E-state index contributed by atoms with van der Waals surface area (Å²) in [6, 6.07) is 0.258. The van der Waals surface area contributed by atoms with Crippen LogP contribution in [0.3, 0.4) is 0 Å². The number of likely N-dealkylation sites (tertiary alicyclic amines) is 1. The molecule has 1 aliphatic rings. The second-order valence-electron chi connectivity index (χ2n) is 7.08. The number of amides is 1. The number of carbonyl (C=O) groups is 1. The molecule has 0 aliphatic carbocycles. The lowest BCUT2D eigenvalue weighted by molar-refractivity contribution is -0.137. The predicted octanol–water partition coefficient (Wildman–Crippen LogP) is 3.07. The van der Waals surface area contributed by atoms with Gasteiger partial charge in [-0.15, -0.1) is 12.4 Å². The van der Waals surface area contributed by atoms with Crippen molar-refractivity contribution in [3.63, 3.8) is 0 Å². The number of rotatable bonds is 3. The molecule has 0 bridgehead atoms. The van der Waals surface area contributed by atoms with Crippen LogP contribution in [0.2, 0.25) is 0 Å². The average molecular weight is 291 g/mol. The predicted molar refractivity (Wildman–Crippen MR) is 83.4 cm³/mol. The van der Waals surface area contributed by atoms with Gasteiger partial charge in [0.05, 0.1) is 0 Å². The minimum Gasteiger partial charge on any atom is -0.338 e. The van der Waals surface area contributed by atoms with Crippen LogP contribution in [0.25, 0.3) is 0 Å². The first-order valence-corrected chi connectivity index (χ1v) is 7.25. The van der Waals surface area contributed by atoms with E-state index in [4.69, 9.17) is 5.73 Å². The summed E-state index contributed by atoms with van der Waals surface area (Å²) in [6.07, 6.45) is 2.83. The Morgan fingerprint density at radius 2 is 2.00 bits per heavy atom. The van der Waals surface area contributed by atoms with E-state index in [1.165, 1.54) is 0 Å². The van der Waals surface area contributed by atoms with Crippen molar-refractivity contribution >= 4 is 18.3 Å². The fourth-order valence-corrected chi connectivity index (χ4v) is 2.49. The second-order valence-corrected chi connectivity index (χ2v) is 7.08. The standard InChI is InChI=1S/C15H30N2O.ClH/c1-11-6-7-17(13(8-11)10-16)14(18)9-12(2)15(3,4)5;/h11-13H,6-10,16H2,1-5H3;1H. The molecule has 1 aliphatic heterocycles. The summed E-state index contributed by atoms with van der Waals surface area (Å²) in [5.41, 5.74) is 6.01. The molecule has 1 saturated heterocycles. The fraction of sp³-hybridized carbons (Fsp3) is 0.933. The maximum atomic E-state index is 12.4. The molecule has 0 aromatic carbocycles. The van der Waals surface area contributed by atoms with Gasteiger partial charge in [-0.3, -0.25) is 4.79 Å². The minimum atomic E-state index is 0. The SMILES string of the molecule is CC1CCN(C(=O)CC(C)C(C)(C)C)C(CN)C1.Cl. The molecule has 0 spiro atoms. The molecule has 3 atom stereocenters. The number of nitrogens with two attached hydrogens (primary N) is 1. The summed E-state index contributed by atoms with van der Waals surface area (Å²) in [5, 5.41) is 0. The molecule has 1 amide bonds. The first-order chi connectivity index (χ1) is 8.25. The Balaban J connectivity index is 0.00000324. The van der Waals surface area contributed by atoms with E-state index < -0.39 is 0 Å². The lowest BCUT2D eigenvalue weighted by Crippen LogP contribution is -2.49. The van der Waals surface area contributed by atoms with E-state index in [-0.39, 0.29) is 23.9 Å². The first-order valence-electron chi connectivity index (χ1n) is 7.25. The molecule has 2 N–H and O–H groups in total. The van der Waals surface area contributed by atoms with E-state index in [0.717, 1.165) is 19.4 Å². The number of nitrogens with zero attached hydrogens (tertiary/aromatic N) is 1. The van der Waals surface area contributed by atoms with Crippen LogP contribution in [0.5, 0.6) is 0 Å². The van der Waals surface area contributed by atoms with Gasteiger partial charge in [0.2, 0.25) is 5.91 Å². The largest absolute Gasteiger partial charge is 0.338 e. The van der Waals surface area contributed by atoms with Gasteiger partial charge in [0, 0.05) is 25.6 Å². The summed E-state index contributed by atoms with van der Waals surface area (Å²) < 4.78 is 0. The highest BCUT2D eigenvalue weighted by Crippen LogP contribution is 2.30. The molecule has 114 valence electrons. The highest BCUT2D eigenvalue weighted by atomic mass is 35.5. The van der Waals surface area contributed by atoms with Crippen LogP contribution in [0.4, 0.5) is 0 Å². The lowest BCUT2D eigenvalue weighted by atomic mass is 9.79. The Morgan fingerprint density at radius 1 is 1.42 bits per heavy atom. The molecule has 0 aromatic heterocycles. The smallest absolute Gasteiger partial charge is 0.223 e. The van der Waals surface area contributed by atoms with Gasteiger partial charge in [0.1, 0.15) is 0 Å². The Labute approximate surface area is 124 Å². The van der Waals surface area contributed by atoms with Gasteiger partial charge in [-0.25, -0.2) is 0 Å². The van der Waals surface area contributed by atoms with Gasteiger partial charge in [-0.1, -0.05) is 34.6 Å². The van der Waals surface area contributed by atoms with Crippen molar-refractivity contribution in [1.29, 1.82) is 0 Å². The van der Waals surface area contributed by atoms with Gasteiger partial charge in [0.25, 0.3) is 0 Å². The monoisotopic (exact) mass is 290 g/mol. The molecule has 1 rings (SSSR count). The lowest BCUT2D eigenvalue weighted by Gasteiger charge is -2.39. The summed E-state index contributed by atoms with van der Waals surface area (Å²) >= 11 is 0. The van der Waals surface area contributed by atoms with Crippen LogP contribution in [-0.4, -0.2) is 29.9 Å². The number of hydrogen-bond donors (Lipinski definition) is 1. The third-order valence-corrected chi connectivity index (χ3v) is 4.53. The van der Waals surface area contributed by atoms with Crippen LogP contribution in [0, 0.1) is 17.3 Å². The maximum absolute atomic E-state index is 12.4. The highest BCUT2D eigenvalue weighted by Gasteiger charge is 2.31. The summed E-state index contributed by atoms with van der Waals surface area (Å²) in [6.45, 7) is 12.5. The van der Waals surface area contributed by atoms with Crippen molar-refractivity contribution in [3.05, 3.63) is 0 Å². The average Bonchev–Trinajstić information content (AvgIpc) is 2.27. The molecule has 1 fully saturated rings. The van der Waals surface area contributed by atoms with E-state index in [2.05, 4.69) is 34.6 Å². The maximum Gasteiger partial charge on any atom is 0.223 e. The third kappa shape index (κ3) is 5.31. The van der Waals surface area contributed by atoms with E-state index in [1.54, 1.807) is 0 Å². The summed E-state index contributed by atoms with van der Waals surface area (Å²) in [5.74, 6) is 1.39. The van der Waals surface area contributed by atoms with Crippen molar-refractivity contribution in [1.82, 2.24) is 4.90 Å². The zero-order valence-electron chi connectivity index (χ0n) is 13.1. The minimum absolute atomic E-state index is 0. The quantitative estimate of drug-likeness (QED) is 0.868. The van der Waals surface area contributed by atoms with E-state index in [0.29, 0.717) is 30.7 Å². The third-order valence-electron chi connectivity index (χ3n) is 4.53. The number of carbonyl (C=O) groups excluding carboxylic acids is 1.